The van der Waals surface area contributed by atoms with Gasteiger partial charge in [-0.1, -0.05) is 0 Å². The van der Waals surface area contributed by atoms with Crippen molar-refractivity contribution in [1.82, 2.24) is 10.6 Å². The van der Waals surface area contributed by atoms with Crippen LogP contribution >= 0.6 is 0 Å². The zero-order valence-corrected chi connectivity index (χ0v) is 11.7. The van der Waals surface area contributed by atoms with Crippen LogP contribution in [-0.4, -0.2) is 53.3 Å². The van der Waals surface area contributed by atoms with Gasteiger partial charge in [0.25, 0.3) is 0 Å². The molecule has 0 aromatic heterocycles. The number of carboxylic acid groups (broad SMARTS) is 1. The summed E-state index contributed by atoms with van der Waals surface area (Å²) in [7, 11) is 0. The Labute approximate surface area is 125 Å². The fourth-order valence-electron chi connectivity index (χ4n) is 1.40. The summed E-state index contributed by atoms with van der Waals surface area (Å²) in [6, 6.07) is -2.51. The van der Waals surface area contributed by atoms with Gasteiger partial charge in [0.2, 0.25) is 23.6 Å². The van der Waals surface area contributed by atoms with Crippen LogP contribution in [0.5, 0.6) is 0 Å². The van der Waals surface area contributed by atoms with Gasteiger partial charge in [0.1, 0.15) is 6.04 Å². The topological polar surface area (TPSA) is 208 Å². The summed E-state index contributed by atoms with van der Waals surface area (Å²) in [6.07, 6.45) is -0.775. The highest BCUT2D eigenvalue weighted by Gasteiger charge is 2.21. The van der Waals surface area contributed by atoms with Crippen molar-refractivity contribution >= 4 is 29.6 Å². The van der Waals surface area contributed by atoms with Crippen LogP contribution in [0.1, 0.15) is 19.3 Å². The standard InChI is InChI=1S/C11H19N5O6/c12-5(3-8(14)18)10(20)15-4-9(19)16-6(11(21)22)1-2-7(13)17/h5-6H,1-4,12H2,(H2,13,17)(H2,14,18)(H,15,20)(H,16,19)(H,21,22)/t5-,6-/m0/s1. The Morgan fingerprint density at radius 1 is 1.05 bits per heavy atom. The number of hydrogen-bond acceptors (Lipinski definition) is 6. The zero-order chi connectivity index (χ0) is 17.3. The van der Waals surface area contributed by atoms with E-state index in [2.05, 4.69) is 10.6 Å². The van der Waals surface area contributed by atoms with Gasteiger partial charge in [-0.15, -0.1) is 0 Å². The first-order valence-electron chi connectivity index (χ1n) is 6.25. The number of nitrogens with one attached hydrogen (secondary N) is 2. The first-order valence-corrected chi connectivity index (χ1v) is 6.25. The fourth-order valence-corrected chi connectivity index (χ4v) is 1.40. The van der Waals surface area contributed by atoms with Crippen LogP contribution in [0.2, 0.25) is 0 Å². The van der Waals surface area contributed by atoms with Crippen molar-refractivity contribution in [3.63, 3.8) is 0 Å². The van der Waals surface area contributed by atoms with E-state index in [4.69, 9.17) is 22.3 Å². The molecule has 0 spiro atoms. The summed E-state index contributed by atoms with van der Waals surface area (Å²) in [6.45, 7) is -0.536. The Balaban J connectivity index is 4.29. The molecule has 22 heavy (non-hydrogen) atoms. The molecule has 0 aliphatic carbocycles. The summed E-state index contributed by atoms with van der Waals surface area (Å²) in [5.74, 6) is -4.39. The van der Waals surface area contributed by atoms with Crippen LogP contribution in [-0.2, 0) is 24.0 Å². The van der Waals surface area contributed by atoms with Gasteiger partial charge in [0.15, 0.2) is 0 Å². The average molecular weight is 317 g/mol. The van der Waals surface area contributed by atoms with Gasteiger partial charge in [-0.05, 0) is 6.42 Å². The van der Waals surface area contributed by atoms with Gasteiger partial charge < -0.3 is 32.9 Å². The molecule has 4 amide bonds. The van der Waals surface area contributed by atoms with Crippen molar-refractivity contribution in [2.45, 2.75) is 31.3 Å². The number of amides is 4. The first kappa shape index (κ1) is 19.3. The minimum atomic E-state index is -1.34. The summed E-state index contributed by atoms with van der Waals surface area (Å²) in [5.41, 5.74) is 15.1. The Morgan fingerprint density at radius 3 is 2.09 bits per heavy atom. The maximum absolute atomic E-state index is 11.5. The van der Waals surface area contributed by atoms with E-state index in [0.717, 1.165) is 0 Å². The van der Waals surface area contributed by atoms with Gasteiger partial charge in [0.05, 0.1) is 19.0 Å². The molecule has 0 fully saturated rings. The number of rotatable bonds is 10. The second-order valence-electron chi connectivity index (χ2n) is 4.46. The van der Waals surface area contributed by atoms with Crippen molar-refractivity contribution in [2.24, 2.45) is 17.2 Å². The van der Waals surface area contributed by atoms with Gasteiger partial charge >= 0.3 is 5.97 Å². The molecule has 0 heterocycles. The molecule has 11 nitrogen and oxygen atoms in total. The summed E-state index contributed by atoms with van der Waals surface area (Å²) >= 11 is 0. The monoisotopic (exact) mass is 317 g/mol. The summed E-state index contributed by atoms with van der Waals surface area (Å²) in [5, 5.41) is 13.1. The minimum Gasteiger partial charge on any atom is -0.480 e. The lowest BCUT2D eigenvalue weighted by molar-refractivity contribution is -0.142. The lowest BCUT2D eigenvalue weighted by Gasteiger charge is -2.15. The molecule has 124 valence electrons. The van der Waals surface area contributed by atoms with E-state index < -0.39 is 48.2 Å². The predicted molar refractivity (Wildman–Crippen MR) is 72.8 cm³/mol. The SMILES string of the molecule is NC(=O)CC[C@H](NC(=O)CNC(=O)[C@@H](N)CC(N)=O)C(=O)O. The maximum Gasteiger partial charge on any atom is 0.326 e. The quantitative estimate of drug-likeness (QED) is 0.236. The van der Waals surface area contributed by atoms with Crippen molar-refractivity contribution in [2.75, 3.05) is 6.54 Å². The molecular weight excluding hydrogens is 298 g/mol. The summed E-state index contributed by atoms with van der Waals surface area (Å²) < 4.78 is 0. The van der Waals surface area contributed by atoms with Crippen LogP contribution < -0.4 is 27.8 Å². The second-order valence-corrected chi connectivity index (χ2v) is 4.46. The summed E-state index contributed by atoms with van der Waals surface area (Å²) in [4.78, 5) is 55.0. The van der Waals surface area contributed by atoms with Crippen LogP contribution in [0.4, 0.5) is 0 Å². The number of nitrogens with two attached hydrogens (primary N) is 3. The maximum atomic E-state index is 11.5. The van der Waals surface area contributed by atoms with Gasteiger partial charge in [-0.3, -0.25) is 19.2 Å². The Bertz CT molecular complexity index is 466. The number of primary amides is 2. The number of carbonyl (C=O) groups is 5. The highest BCUT2D eigenvalue weighted by atomic mass is 16.4. The Hall–Kier alpha value is -2.69. The fraction of sp³-hybridized carbons (Fsp3) is 0.545. The number of carboxylic acids is 1. The van der Waals surface area contributed by atoms with E-state index in [0.29, 0.717) is 0 Å². The Kier molecular flexibility index (Phi) is 8.15. The van der Waals surface area contributed by atoms with Crippen LogP contribution in [0.3, 0.4) is 0 Å². The molecule has 11 heteroatoms. The minimum absolute atomic E-state index is 0.175. The molecular formula is C11H19N5O6. The predicted octanol–water partition coefficient (Wildman–Crippen LogP) is -3.86. The third kappa shape index (κ3) is 8.47. The molecule has 0 saturated heterocycles. The van der Waals surface area contributed by atoms with E-state index in [1.165, 1.54) is 0 Å². The largest absolute Gasteiger partial charge is 0.480 e. The van der Waals surface area contributed by atoms with Gasteiger partial charge in [0, 0.05) is 6.42 Å². The van der Waals surface area contributed by atoms with Gasteiger partial charge in [-0.2, -0.15) is 0 Å². The molecule has 0 aliphatic rings. The molecule has 0 rings (SSSR count). The smallest absolute Gasteiger partial charge is 0.326 e. The number of hydrogen-bond donors (Lipinski definition) is 6. The Morgan fingerprint density at radius 2 is 1.64 bits per heavy atom. The van der Waals surface area contributed by atoms with Crippen LogP contribution in [0, 0.1) is 0 Å². The van der Waals surface area contributed by atoms with E-state index in [-0.39, 0.29) is 19.3 Å². The molecule has 0 aromatic rings. The number of aliphatic carboxylic acids is 1. The van der Waals surface area contributed by atoms with Crippen LogP contribution in [0.15, 0.2) is 0 Å². The molecule has 0 bridgehead atoms. The third-order valence-electron chi connectivity index (χ3n) is 2.49. The first-order chi connectivity index (χ1) is 10.1. The molecule has 0 radical (unpaired) electrons. The number of carbonyl (C=O) groups excluding carboxylic acids is 4. The van der Waals surface area contributed by atoms with E-state index >= 15 is 0 Å². The molecule has 9 N–H and O–H groups in total. The molecule has 0 aliphatic heterocycles. The lowest BCUT2D eigenvalue weighted by Crippen LogP contribution is -2.49. The third-order valence-corrected chi connectivity index (χ3v) is 2.49. The average Bonchev–Trinajstić information content (AvgIpc) is 2.39. The molecule has 0 unspecified atom stereocenters. The van der Waals surface area contributed by atoms with Crippen molar-refractivity contribution in [1.29, 1.82) is 0 Å². The lowest BCUT2D eigenvalue weighted by atomic mass is 10.1. The van der Waals surface area contributed by atoms with Crippen molar-refractivity contribution in [3.05, 3.63) is 0 Å². The normalized spacial score (nSPS) is 12.8. The van der Waals surface area contributed by atoms with E-state index in [1.807, 2.05) is 0 Å². The van der Waals surface area contributed by atoms with E-state index in [1.54, 1.807) is 0 Å². The molecule has 0 saturated carbocycles. The van der Waals surface area contributed by atoms with Crippen LogP contribution in [0.25, 0.3) is 0 Å². The zero-order valence-electron chi connectivity index (χ0n) is 11.7. The van der Waals surface area contributed by atoms with Crippen molar-refractivity contribution < 1.29 is 29.1 Å². The highest BCUT2D eigenvalue weighted by molar-refractivity contribution is 5.91. The second kappa shape index (κ2) is 9.28. The van der Waals surface area contributed by atoms with Crippen molar-refractivity contribution in [3.8, 4) is 0 Å². The highest BCUT2D eigenvalue weighted by Crippen LogP contribution is 1.97. The molecule has 2 atom stereocenters. The van der Waals surface area contributed by atoms with E-state index in [9.17, 15) is 24.0 Å². The molecule has 0 aromatic carbocycles. The van der Waals surface area contributed by atoms with Gasteiger partial charge in [-0.25, -0.2) is 4.79 Å².